The van der Waals surface area contributed by atoms with E-state index in [9.17, 15) is 13.2 Å². The molecule has 0 bridgehead atoms. The van der Waals surface area contributed by atoms with Crippen molar-refractivity contribution in [2.45, 2.75) is 37.9 Å². The number of alkyl halides is 3. The van der Waals surface area contributed by atoms with E-state index in [-0.39, 0.29) is 0 Å². The van der Waals surface area contributed by atoms with Crippen molar-refractivity contribution in [2.75, 3.05) is 50.6 Å². The van der Waals surface area contributed by atoms with E-state index in [1.54, 1.807) is 14.2 Å². The number of carboxylic acid groups (broad SMARTS) is 1. The summed E-state index contributed by atoms with van der Waals surface area (Å²) in [5.74, 6) is 0.311. The highest BCUT2D eigenvalue weighted by Crippen LogP contribution is 2.35. The molecule has 0 unspecified atom stereocenters. The van der Waals surface area contributed by atoms with Gasteiger partial charge in [0.1, 0.15) is 5.82 Å². The van der Waals surface area contributed by atoms with Gasteiger partial charge < -0.3 is 30.1 Å². The molecule has 3 heterocycles. The second-order valence-corrected chi connectivity index (χ2v) is 7.78. The zero-order valence-corrected chi connectivity index (χ0v) is 18.5. The summed E-state index contributed by atoms with van der Waals surface area (Å²) in [5, 5.41) is 15.2. The molecule has 0 saturated carbocycles. The minimum Gasteiger partial charge on any atom is -0.493 e. The Labute approximate surface area is 189 Å². The summed E-state index contributed by atoms with van der Waals surface area (Å²) in [6, 6.07) is 4.29. The third kappa shape index (κ3) is 6.28. The van der Waals surface area contributed by atoms with Crippen molar-refractivity contribution in [3.63, 3.8) is 0 Å². The van der Waals surface area contributed by atoms with Crippen molar-refractivity contribution in [2.24, 2.45) is 0 Å². The van der Waals surface area contributed by atoms with Crippen LogP contribution in [0, 0.1) is 0 Å². The van der Waals surface area contributed by atoms with Crippen LogP contribution >= 0.6 is 0 Å². The van der Waals surface area contributed by atoms with Gasteiger partial charge in [-0.2, -0.15) is 18.2 Å². The number of carbonyl (C=O) groups is 1. The number of fused-ring (bicyclic) bond motifs is 1. The van der Waals surface area contributed by atoms with Gasteiger partial charge >= 0.3 is 12.1 Å². The number of halogens is 3. The van der Waals surface area contributed by atoms with Gasteiger partial charge in [0, 0.05) is 37.1 Å². The van der Waals surface area contributed by atoms with Gasteiger partial charge in [-0.05, 0) is 38.3 Å². The number of hydrogen-bond donors (Lipinski definition) is 3. The molecule has 0 spiro atoms. The molecule has 12 heteroatoms. The average molecular weight is 471 g/mol. The van der Waals surface area contributed by atoms with Crippen LogP contribution in [0.3, 0.4) is 0 Å². The molecule has 182 valence electrons. The molecule has 0 amide bonds. The lowest BCUT2D eigenvalue weighted by Gasteiger charge is -2.26. The molecular formula is C21H28F3N5O4. The summed E-state index contributed by atoms with van der Waals surface area (Å²) in [4.78, 5) is 20.9. The molecule has 1 aromatic carbocycles. The summed E-state index contributed by atoms with van der Waals surface area (Å²) in [6.45, 7) is 4.08. The second-order valence-electron chi connectivity index (χ2n) is 7.78. The molecule has 0 radical (unpaired) electrons. The predicted molar refractivity (Wildman–Crippen MR) is 117 cm³/mol. The Kier molecular flexibility index (Phi) is 8.01. The number of methoxy groups -OCH3 is 2. The smallest absolute Gasteiger partial charge is 0.490 e. The van der Waals surface area contributed by atoms with Crippen LogP contribution in [0.25, 0.3) is 10.9 Å². The van der Waals surface area contributed by atoms with E-state index < -0.39 is 12.1 Å². The van der Waals surface area contributed by atoms with Crippen LogP contribution in [0.5, 0.6) is 11.5 Å². The normalized spacial score (nSPS) is 18.5. The number of ether oxygens (including phenoxy) is 2. The first-order chi connectivity index (χ1) is 15.7. The first kappa shape index (κ1) is 24.6. The Bertz CT molecular complexity index is 961. The molecule has 1 atom stereocenters. The molecule has 33 heavy (non-hydrogen) atoms. The number of aromatic nitrogens is 2. The lowest BCUT2D eigenvalue weighted by molar-refractivity contribution is -0.192. The van der Waals surface area contributed by atoms with Crippen LogP contribution < -0.4 is 25.0 Å². The van der Waals surface area contributed by atoms with E-state index in [1.807, 2.05) is 12.1 Å². The molecule has 0 aliphatic carbocycles. The van der Waals surface area contributed by atoms with E-state index in [2.05, 4.69) is 15.5 Å². The molecular weight excluding hydrogens is 443 g/mol. The molecule has 3 N–H and O–H groups in total. The summed E-state index contributed by atoms with van der Waals surface area (Å²) in [7, 11) is 3.31. The molecule has 2 aliphatic rings. The summed E-state index contributed by atoms with van der Waals surface area (Å²) in [6.07, 6.45) is -0.368. The van der Waals surface area contributed by atoms with Crippen LogP contribution in [0.4, 0.5) is 24.9 Å². The number of rotatable bonds is 5. The van der Waals surface area contributed by atoms with Crippen molar-refractivity contribution in [3.8, 4) is 11.5 Å². The standard InChI is InChI=1S/C19H27N5O2.C2HF3O2/c1-25-16-10-14-15(11-17(16)26-2)22-19(24-8-3-4-9-24)23-18(14)21-13-6-5-7-20-12-13;3-2(4,5)1(6)7/h10-11,13,20H,3-9,12H2,1-2H3,(H,21,22,23);(H,6,7)/t13-;/m0./s1. The second kappa shape index (κ2) is 10.7. The van der Waals surface area contributed by atoms with Crippen molar-refractivity contribution in [1.29, 1.82) is 0 Å². The molecule has 2 saturated heterocycles. The fourth-order valence-corrected chi connectivity index (χ4v) is 3.78. The Morgan fingerprint density at radius 3 is 2.33 bits per heavy atom. The van der Waals surface area contributed by atoms with Gasteiger partial charge in [0.2, 0.25) is 5.95 Å². The van der Waals surface area contributed by atoms with Crippen molar-refractivity contribution < 1.29 is 32.5 Å². The van der Waals surface area contributed by atoms with Crippen molar-refractivity contribution in [1.82, 2.24) is 15.3 Å². The lowest BCUT2D eigenvalue weighted by atomic mass is 10.1. The maximum atomic E-state index is 10.6. The van der Waals surface area contributed by atoms with Crippen LogP contribution in [0.15, 0.2) is 12.1 Å². The SMILES string of the molecule is COc1cc2nc(N3CCCC3)nc(N[C@H]3CCCNC3)c2cc1OC.O=C(O)C(F)(F)F. The van der Waals surface area contributed by atoms with Gasteiger partial charge in [-0.3, -0.25) is 0 Å². The molecule has 2 aliphatic heterocycles. The molecule has 4 rings (SSSR count). The van der Waals surface area contributed by atoms with Gasteiger partial charge in [0.15, 0.2) is 11.5 Å². The predicted octanol–water partition coefficient (Wildman–Crippen LogP) is 3.04. The number of carboxylic acids is 1. The Balaban J connectivity index is 0.000000383. The van der Waals surface area contributed by atoms with Gasteiger partial charge in [-0.25, -0.2) is 9.78 Å². The third-order valence-electron chi connectivity index (χ3n) is 5.46. The number of aliphatic carboxylic acids is 1. The maximum absolute atomic E-state index is 10.6. The largest absolute Gasteiger partial charge is 0.493 e. The van der Waals surface area contributed by atoms with Gasteiger partial charge in [0.25, 0.3) is 0 Å². The lowest BCUT2D eigenvalue weighted by Crippen LogP contribution is -2.38. The average Bonchev–Trinajstić information content (AvgIpc) is 3.33. The number of benzene rings is 1. The number of nitrogens with one attached hydrogen (secondary N) is 2. The monoisotopic (exact) mass is 471 g/mol. The molecule has 2 fully saturated rings. The van der Waals surface area contributed by atoms with Gasteiger partial charge in [0.05, 0.1) is 19.7 Å². The van der Waals surface area contributed by atoms with Gasteiger partial charge in [-0.15, -0.1) is 0 Å². The van der Waals surface area contributed by atoms with Crippen molar-refractivity contribution >= 4 is 28.6 Å². The van der Waals surface area contributed by atoms with E-state index in [0.29, 0.717) is 17.5 Å². The number of piperidine rings is 1. The third-order valence-corrected chi connectivity index (χ3v) is 5.46. The number of anilines is 2. The fourth-order valence-electron chi connectivity index (χ4n) is 3.78. The maximum Gasteiger partial charge on any atom is 0.490 e. The Morgan fingerprint density at radius 1 is 1.15 bits per heavy atom. The van der Waals surface area contributed by atoms with Crippen LogP contribution in [-0.2, 0) is 4.79 Å². The van der Waals surface area contributed by atoms with Crippen LogP contribution in [0.1, 0.15) is 25.7 Å². The zero-order valence-electron chi connectivity index (χ0n) is 18.5. The first-order valence-electron chi connectivity index (χ1n) is 10.7. The quantitative estimate of drug-likeness (QED) is 0.606. The molecule has 1 aromatic heterocycles. The highest BCUT2D eigenvalue weighted by atomic mass is 19.4. The topological polar surface area (TPSA) is 109 Å². The summed E-state index contributed by atoms with van der Waals surface area (Å²) < 4.78 is 42.7. The summed E-state index contributed by atoms with van der Waals surface area (Å²) in [5.41, 5.74) is 0.880. The van der Waals surface area contributed by atoms with E-state index in [1.165, 1.54) is 19.3 Å². The fraction of sp³-hybridized carbons (Fsp3) is 0.571. The first-order valence-corrected chi connectivity index (χ1v) is 10.7. The Morgan fingerprint density at radius 2 is 1.79 bits per heavy atom. The summed E-state index contributed by atoms with van der Waals surface area (Å²) >= 11 is 0. The Hall–Kier alpha value is -3.02. The highest BCUT2D eigenvalue weighted by molar-refractivity contribution is 5.93. The molecule has 2 aromatic rings. The highest BCUT2D eigenvalue weighted by Gasteiger charge is 2.38. The van der Waals surface area contributed by atoms with E-state index >= 15 is 0 Å². The minimum absolute atomic E-state index is 0.376. The minimum atomic E-state index is -5.08. The van der Waals surface area contributed by atoms with Crippen molar-refractivity contribution in [3.05, 3.63) is 12.1 Å². The van der Waals surface area contributed by atoms with E-state index in [4.69, 9.17) is 29.3 Å². The molecule has 9 nitrogen and oxygen atoms in total. The zero-order chi connectivity index (χ0) is 24.0. The number of nitrogens with zero attached hydrogens (tertiary/aromatic N) is 3. The van der Waals surface area contributed by atoms with E-state index in [0.717, 1.165) is 55.3 Å². The van der Waals surface area contributed by atoms with Gasteiger partial charge in [-0.1, -0.05) is 0 Å². The number of hydrogen-bond acceptors (Lipinski definition) is 8. The van der Waals surface area contributed by atoms with Crippen LogP contribution in [-0.4, -0.2) is 73.7 Å². The van der Waals surface area contributed by atoms with Crippen LogP contribution in [0.2, 0.25) is 0 Å².